The average Bonchev–Trinajstić information content (AvgIpc) is 3.21. The summed E-state index contributed by atoms with van der Waals surface area (Å²) in [6.07, 6.45) is -0.728. The Balaban J connectivity index is 0.000000213. The van der Waals surface area contributed by atoms with Gasteiger partial charge in [-0.1, -0.05) is 6.58 Å². The number of alkyl halides is 3. The molecule has 1 saturated heterocycles. The van der Waals surface area contributed by atoms with Crippen molar-refractivity contribution >= 4 is 5.91 Å². The maximum atomic E-state index is 12.7. The molecule has 0 aromatic carbocycles. The van der Waals surface area contributed by atoms with Gasteiger partial charge in [-0.3, -0.25) is 4.79 Å². The standard InChI is InChI=1S/C11H14F3N.C3H5NO/c12-11(13,14)10-4-9(10,5-10)6-15-2-7-1-8(7)3-15;1-2-3(4)5/h7-8H,1-6H2;2H,1H2,(H2,4,5). The Hall–Kier alpha value is -1.04. The number of carbonyl (C=O) groups excluding carboxylic acids is 1. The third-order valence-electron chi connectivity index (χ3n) is 5.37. The molecule has 2 atom stereocenters. The molecule has 2 N–H and O–H groups in total. The molecule has 4 aliphatic rings. The van der Waals surface area contributed by atoms with Crippen LogP contribution < -0.4 is 5.73 Å². The van der Waals surface area contributed by atoms with Crippen molar-refractivity contribution in [2.45, 2.75) is 25.4 Å². The molecular weight excluding hydrogens is 269 g/mol. The van der Waals surface area contributed by atoms with Crippen LogP contribution in [0.15, 0.2) is 12.7 Å². The summed E-state index contributed by atoms with van der Waals surface area (Å²) in [5, 5.41) is 0. The zero-order valence-electron chi connectivity index (χ0n) is 11.2. The molecule has 3 aliphatic carbocycles. The Morgan fingerprint density at radius 2 is 1.85 bits per heavy atom. The predicted octanol–water partition coefficient (Wildman–Crippen LogP) is 1.94. The van der Waals surface area contributed by atoms with E-state index < -0.39 is 17.5 Å². The molecule has 4 rings (SSSR count). The summed E-state index contributed by atoms with van der Waals surface area (Å²) in [5.41, 5.74) is 2.97. The minimum Gasteiger partial charge on any atom is -0.366 e. The number of fused-ring (bicyclic) bond motifs is 2. The fourth-order valence-corrected chi connectivity index (χ4v) is 3.83. The minimum atomic E-state index is -3.93. The third-order valence-corrected chi connectivity index (χ3v) is 5.37. The summed E-state index contributed by atoms with van der Waals surface area (Å²) < 4.78 is 38.0. The molecule has 0 spiro atoms. The molecular formula is C14H19F3N2O. The van der Waals surface area contributed by atoms with Gasteiger partial charge in [0.1, 0.15) is 0 Å². The third kappa shape index (κ3) is 2.05. The second-order valence-corrected chi connectivity index (χ2v) is 6.77. The van der Waals surface area contributed by atoms with E-state index in [4.69, 9.17) is 0 Å². The number of halogens is 3. The van der Waals surface area contributed by atoms with Crippen LogP contribution in [0.25, 0.3) is 0 Å². The van der Waals surface area contributed by atoms with Gasteiger partial charge in [-0.2, -0.15) is 13.2 Å². The zero-order chi connectivity index (χ0) is 14.8. The molecule has 0 bridgehead atoms. The van der Waals surface area contributed by atoms with Crippen LogP contribution in [0.4, 0.5) is 13.2 Å². The summed E-state index contributed by atoms with van der Waals surface area (Å²) in [5.74, 6) is 1.18. The van der Waals surface area contributed by atoms with Crippen LogP contribution in [0.1, 0.15) is 19.3 Å². The SMILES string of the molecule is C=CC(N)=O.FC(F)(F)C12CC1(CN1CC3CC3C1)C2. The van der Waals surface area contributed by atoms with Crippen molar-refractivity contribution in [1.29, 1.82) is 0 Å². The van der Waals surface area contributed by atoms with E-state index in [1.54, 1.807) is 0 Å². The van der Waals surface area contributed by atoms with Gasteiger partial charge in [-0.25, -0.2) is 0 Å². The van der Waals surface area contributed by atoms with Gasteiger partial charge in [-0.15, -0.1) is 0 Å². The Labute approximate surface area is 116 Å². The van der Waals surface area contributed by atoms with E-state index in [1.807, 2.05) is 0 Å². The smallest absolute Gasteiger partial charge is 0.366 e. The fourth-order valence-electron chi connectivity index (χ4n) is 3.83. The minimum absolute atomic E-state index is 0.331. The number of nitrogens with zero attached hydrogens (tertiary/aromatic N) is 1. The number of primary amides is 1. The molecule has 112 valence electrons. The van der Waals surface area contributed by atoms with Crippen molar-refractivity contribution in [3.05, 3.63) is 12.7 Å². The average molecular weight is 288 g/mol. The van der Waals surface area contributed by atoms with Gasteiger partial charge in [-0.05, 0) is 42.6 Å². The Morgan fingerprint density at radius 1 is 1.35 bits per heavy atom. The van der Waals surface area contributed by atoms with Crippen molar-refractivity contribution in [1.82, 2.24) is 4.90 Å². The number of likely N-dealkylation sites (tertiary alicyclic amines) is 1. The molecule has 20 heavy (non-hydrogen) atoms. The van der Waals surface area contributed by atoms with Crippen molar-refractivity contribution < 1.29 is 18.0 Å². The van der Waals surface area contributed by atoms with Gasteiger partial charge >= 0.3 is 6.18 Å². The number of nitrogens with two attached hydrogens (primary N) is 1. The number of carbonyl (C=O) groups is 1. The van der Waals surface area contributed by atoms with Crippen LogP contribution in [0, 0.1) is 22.7 Å². The highest BCUT2D eigenvalue weighted by molar-refractivity contribution is 5.84. The summed E-state index contributed by atoms with van der Waals surface area (Å²) in [6, 6.07) is 0. The largest absolute Gasteiger partial charge is 0.395 e. The maximum Gasteiger partial charge on any atom is 0.395 e. The van der Waals surface area contributed by atoms with Crippen molar-refractivity contribution in [3.63, 3.8) is 0 Å². The lowest BCUT2D eigenvalue weighted by molar-refractivity contribution is -0.168. The second-order valence-electron chi connectivity index (χ2n) is 6.77. The van der Waals surface area contributed by atoms with E-state index in [9.17, 15) is 18.0 Å². The van der Waals surface area contributed by atoms with E-state index in [2.05, 4.69) is 17.2 Å². The van der Waals surface area contributed by atoms with Crippen LogP contribution in [-0.2, 0) is 4.79 Å². The zero-order valence-corrected chi connectivity index (χ0v) is 11.2. The molecule has 0 aromatic heterocycles. The van der Waals surface area contributed by atoms with Crippen LogP contribution in [0.2, 0.25) is 0 Å². The van der Waals surface area contributed by atoms with Crippen LogP contribution in [0.5, 0.6) is 0 Å². The molecule has 6 heteroatoms. The number of hydrogen-bond acceptors (Lipinski definition) is 2. The number of amides is 1. The summed E-state index contributed by atoms with van der Waals surface area (Å²) in [7, 11) is 0. The first-order valence-corrected chi connectivity index (χ1v) is 6.94. The predicted molar refractivity (Wildman–Crippen MR) is 67.6 cm³/mol. The van der Waals surface area contributed by atoms with Crippen molar-refractivity contribution in [3.8, 4) is 0 Å². The first-order chi connectivity index (χ1) is 9.23. The molecule has 0 aromatic rings. The van der Waals surface area contributed by atoms with Gasteiger partial charge < -0.3 is 10.6 Å². The first-order valence-electron chi connectivity index (χ1n) is 6.94. The highest BCUT2D eigenvalue weighted by atomic mass is 19.4. The normalized spacial score (nSPS) is 43.8. The quantitative estimate of drug-likeness (QED) is 0.807. The highest BCUT2D eigenvalue weighted by Gasteiger charge is 2.93. The van der Waals surface area contributed by atoms with E-state index in [0.717, 1.165) is 37.5 Å². The number of rotatable bonds is 3. The van der Waals surface area contributed by atoms with Crippen LogP contribution in [0.3, 0.4) is 0 Å². The molecule has 2 unspecified atom stereocenters. The van der Waals surface area contributed by atoms with E-state index >= 15 is 0 Å². The number of piperidine rings is 1. The van der Waals surface area contributed by atoms with Gasteiger partial charge in [0, 0.05) is 19.6 Å². The Bertz CT molecular complexity index is 444. The van der Waals surface area contributed by atoms with Crippen molar-refractivity contribution in [2.24, 2.45) is 28.4 Å². The van der Waals surface area contributed by atoms with Gasteiger partial charge in [0.15, 0.2) is 0 Å². The second kappa shape index (κ2) is 4.00. The lowest BCUT2D eigenvalue weighted by Crippen LogP contribution is -2.27. The molecule has 1 aliphatic heterocycles. The van der Waals surface area contributed by atoms with Gasteiger partial charge in [0.2, 0.25) is 5.91 Å². The lowest BCUT2D eigenvalue weighted by atomic mass is 10.2. The Kier molecular flexibility index (Phi) is 2.78. The molecule has 3 nitrogen and oxygen atoms in total. The molecule has 1 heterocycles. The van der Waals surface area contributed by atoms with Gasteiger partial charge in [0.25, 0.3) is 0 Å². The lowest BCUT2D eigenvalue weighted by Gasteiger charge is -2.18. The number of hydrogen-bond donors (Lipinski definition) is 1. The fraction of sp³-hybridized carbons (Fsp3) is 0.786. The molecule has 0 radical (unpaired) electrons. The summed E-state index contributed by atoms with van der Waals surface area (Å²) in [6.45, 7) is 5.95. The molecule has 3 saturated carbocycles. The summed E-state index contributed by atoms with van der Waals surface area (Å²) in [4.78, 5) is 11.7. The van der Waals surface area contributed by atoms with E-state index in [1.165, 1.54) is 6.42 Å². The van der Waals surface area contributed by atoms with Crippen molar-refractivity contribution in [2.75, 3.05) is 19.6 Å². The molecule has 1 amide bonds. The van der Waals surface area contributed by atoms with E-state index in [-0.39, 0.29) is 5.41 Å². The van der Waals surface area contributed by atoms with E-state index in [0.29, 0.717) is 12.8 Å². The highest BCUT2D eigenvalue weighted by Crippen LogP contribution is 2.91. The topological polar surface area (TPSA) is 46.3 Å². The Morgan fingerprint density at radius 3 is 2.20 bits per heavy atom. The monoisotopic (exact) mass is 288 g/mol. The summed E-state index contributed by atoms with van der Waals surface area (Å²) >= 11 is 0. The van der Waals surface area contributed by atoms with Crippen LogP contribution >= 0.6 is 0 Å². The van der Waals surface area contributed by atoms with Crippen LogP contribution in [-0.4, -0.2) is 36.6 Å². The first kappa shape index (κ1) is 13.9. The molecule has 4 fully saturated rings. The van der Waals surface area contributed by atoms with Gasteiger partial charge in [0.05, 0.1) is 5.41 Å². The maximum absolute atomic E-state index is 12.7.